The number of aromatic hydroxyl groups is 1. The van der Waals surface area contributed by atoms with Crippen LogP contribution in [-0.2, 0) is 9.59 Å². The van der Waals surface area contributed by atoms with Crippen LogP contribution >= 0.6 is 23.5 Å². The molecule has 0 saturated carbocycles. The molecule has 2 N–H and O–H groups in total. The highest BCUT2D eigenvalue weighted by Crippen LogP contribution is 2.45. The minimum absolute atomic E-state index is 0.0233. The quantitative estimate of drug-likeness (QED) is 0.721. The molecule has 2 aromatic carbocycles. The molecule has 3 atom stereocenters. The van der Waals surface area contributed by atoms with Crippen molar-refractivity contribution in [3.8, 4) is 5.75 Å². The molecule has 1 fully saturated rings. The fraction of sp³-hybridized carbons (Fsp3) is 0.286. The number of carboxylic acids is 1. The van der Waals surface area contributed by atoms with Crippen LogP contribution in [0.3, 0.4) is 0 Å². The zero-order valence-electron chi connectivity index (χ0n) is 15.7. The first-order valence-electron chi connectivity index (χ1n) is 9.06. The lowest BCUT2D eigenvalue weighted by Gasteiger charge is -2.30. The van der Waals surface area contributed by atoms with Crippen molar-refractivity contribution < 1.29 is 24.6 Å². The number of benzene rings is 2. The predicted octanol–water partition coefficient (Wildman–Crippen LogP) is 3.63. The van der Waals surface area contributed by atoms with Crippen LogP contribution in [0.15, 0.2) is 54.6 Å². The van der Waals surface area contributed by atoms with E-state index in [1.165, 1.54) is 22.7 Å². The van der Waals surface area contributed by atoms with E-state index in [0.717, 1.165) is 11.8 Å². The molecule has 3 rings (SSSR count). The van der Waals surface area contributed by atoms with E-state index in [4.69, 9.17) is 0 Å². The molecule has 8 heteroatoms. The number of hydrogen-bond donors (Lipinski definition) is 2. The number of carbonyl (C=O) groups is 3. The van der Waals surface area contributed by atoms with Gasteiger partial charge < -0.3 is 15.1 Å². The van der Waals surface area contributed by atoms with Crippen molar-refractivity contribution in [1.29, 1.82) is 0 Å². The lowest BCUT2D eigenvalue weighted by molar-refractivity contribution is -0.150. The lowest BCUT2D eigenvalue weighted by atomic mass is 10.1. The van der Waals surface area contributed by atoms with Crippen LogP contribution in [0, 0.1) is 5.92 Å². The van der Waals surface area contributed by atoms with Gasteiger partial charge in [-0.25, -0.2) is 4.79 Å². The van der Waals surface area contributed by atoms with Gasteiger partial charge in [0.2, 0.25) is 11.0 Å². The highest BCUT2D eigenvalue weighted by atomic mass is 32.2. The van der Waals surface area contributed by atoms with E-state index in [1.807, 2.05) is 6.07 Å². The number of nitrogens with zero attached hydrogens (tertiary/aromatic N) is 1. The maximum absolute atomic E-state index is 13.1. The van der Waals surface area contributed by atoms with Gasteiger partial charge in [0.25, 0.3) is 0 Å². The van der Waals surface area contributed by atoms with Crippen LogP contribution in [0.1, 0.15) is 28.2 Å². The zero-order valence-corrected chi connectivity index (χ0v) is 17.4. The number of carboxylic acid groups (broad SMARTS) is 1. The summed E-state index contributed by atoms with van der Waals surface area (Å²) in [6, 6.07) is 14.5. The van der Waals surface area contributed by atoms with E-state index >= 15 is 0 Å². The molecule has 0 bridgehead atoms. The molecule has 0 aromatic heterocycles. The number of phenolic OH excluding ortho intramolecular Hbond substituents is 1. The van der Waals surface area contributed by atoms with Gasteiger partial charge in [0, 0.05) is 28.6 Å². The summed E-state index contributed by atoms with van der Waals surface area (Å²) in [5, 5.41) is 19.1. The summed E-state index contributed by atoms with van der Waals surface area (Å²) >= 11 is 2.36. The van der Waals surface area contributed by atoms with Gasteiger partial charge in [0.05, 0.1) is 0 Å². The van der Waals surface area contributed by atoms with Crippen molar-refractivity contribution in [3.63, 3.8) is 0 Å². The molecule has 1 heterocycles. The highest BCUT2D eigenvalue weighted by molar-refractivity contribution is 8.14. The first-order chi connectivity index (χ1) is 13.9. The van der Waals surface area contributed by atoms with Gasteiger partial charge in [-0.05, 0) is 6.07 Å². The Balaban J connectivity index is 1.75. The second kappa shape index (κ2) is 9.37. The molecule has 29 heavy (non-hydrogen) atoms. The van der Waals surface area contributed by atoms with Crippen molar-refractivity contribution in [1.82, 2.24) is 4.90 Å². The smallest absolute Gasteiger partial charge is 0.327 e. The molecular formula is C21H21NO5S2. The third-order valence-corrected chi connectivity index (χ3v) is 7.11. The van der Waals surface area contributed by atoms with Crippen LogP contribution in [0.5, 0.6) is 5.75 Å². The molecule has 1 aliphatic heterocycles. The Hall–Kier alpha value is -2.45. The van der Waals surface area contributed by atoms with E-state index in [0.29, 0.717) is 11.1 Å². The van der Waals surface area contributed by atoms with Crippen LogP contribution in [0.2, 0.25) is 0 Å². The number of phenols is 1. The zero-order chi connectivity index (χ0) is 21.0. The van der Waals surface area contributed by atoms with E-state index in [1.54, 1.807) is 49.4 Å². The number of thioether (sulfide) groups is 2. The summed E-state index contributed by atoms with van der Waals surface area (Å²) in [7, 11) is 0. The van der Waals surface area contributed by atoms with Crippen molar-refractivity contribution in [2.24, 2.45) is 5.92 Å². The van der Waals surface area contributed by atoms with Gasteiger partial charge in [-0.15, -0.1) is 11.8 Å². The van der Waals surface area contributed by atoms with Gasteiger partial charge in [-0.1, -0.05) is 67.2 Å². The summed E-state index contributed by atoms with van der Waals surface area (Å²) in [6.45, 7) is 1.69. The minimum atomic E-state index is -1.08. The van der Waals surface area contributed by atoms with Gasteiger partial charge in [-0.2, -0.15) is 0 Å². The van der Waals surface area contributed by atoms with Gasteiger partial charge >= 0.3 is 5.97 Å². The van der Waals surface area contributed by atoms with E-state index in [2.05, 4.69) is 0 Å². The minimum Gasteiger partial charge on any atom is -0.508 e. The summed E-state index contributed by atoms with van der Waals surface area (Å²) in [4.78, 5) is 38.5. The lowest BCUT2D eigenvalue weighted by Crippen LogP contribution is -2.45. The molecule has 1 aliphatic rings. The number of carbonyl (C=O) groups excluding carboxylic acids is 2. The molecule has 1 saturated heterocycles. The molecule has 1 unspecified atom stereocenters. The fourth-order valence-corrected chi connectivity index (χ4v) is 5.39. The molecule has 6 nitrogen and oxygen atoms in total. The molecule has 0 radical (unpaired) electrons. The first kappa shape index (κ1) is 21.3. The van der Waals surface area contributed by atoms with Crippen LogP contribution in [-0.4, -0.2) is 49.7 Å². The van der Waals surface area contributed by atoms with Crippen molar-refractivity contribution in [3.05, 3.63) is 65.7 Å². The maximum Gasteiger partial charge on any atom is 0.327 e. The van der Waals surface area contributed by atoms with Crippen molar-refractivity contribution >= 4 is 40.5 Å². The topological polar surface area (TPSA) is 94.9 Å². The van der Waals surface area contributed by atoms with E-state index in [9.17, 15) is 24.6 Å². The molecular weight excluding hydrogens is 410 g/mol. The van der Waals surface area contributed by atoms with E-state index < -0.39 is 23.3 Å². The summed E-state index contributed by atoms with van der Waals surface area (Å²) in [5.74, 6) is -1.47. The number of para-hydroxylation sites is 1. The number of aliphatic carboxylic acids is 1. The summed E-state index contributed by atoms with van der Waals surface area (Å²) in [6.07, 6.45) is 0. The number of amides is 1. The van der Waals surface area contributed by atoms with E-state index in [-0.39, 0.29) is 28.3 Å². The summed E-state index contributed by atoms with van der Waals surface area (Å²) < 4.78 is 0. The Morgan fingerprint density at radius 2 is 1.79 bits per heavy atom. The van der Waals surface area contributed by atoms with Crippen molar-refractivity contribution in [2.75, 3.05) is 11.5 Å². The third kappa shape index (κ3) is 4.76. The Kier molecular flexibility index (Phi) is 6.87. The SMILES string of the molecule is C[C@H](CSC(=O)c1ccccc1)C(=O)N1C(c2ccccc2O)SC[C@H]1C(=O)O. The van der Waals surface area contributed by atoms with Crippen molar-refractivity contribution in [2.45, 2.75) is 18.3 Å². The van der Waals surface area contributed by atoms with Crippen LogP contribution in [0.25, 0.3) is 0 Å². The van der Waals surface area contributed by atoms with Gasteiger partial charge in [0.1, 0.15) is 17.2 Å². The van der Waals surface area contributed by atoms with Crippen LogP contribution < -0.4 is 0 Å². The molecule has 2 aromatic rings. The highest BCUT2D eigenvalue weighted by Gasteiger charge is 2.44. The fourth-order valence-electron chi connectivity index (χ4n) is 3.09. The predicted molar refractivity (Wildman–Crippen MR) is 114 cm³/mol. The Labute approximate surface area is 177 Å². The van der Waals surface area contributed by atoms with Crippen LogP contribution in [0.4, 0.5) is 0 Å². The second-order valence-corrected chi connectivity index (χ2v) is 8.82. The largest absolute Gasteiger partial charge is 0.508 e. The average Bonchev–Trinajstić information content (AvgIpc) is 3.17. The summed E-state index contributed by atoms with van der Waals surface area (Å²) in [5.41, 5.74) is 1.07. The molecule has 0 aliphatic carbocycles. The molecule has 0 spiro atoms. The number of hydrogen-bond acceptors (Lipinski definition) is 6. The normalized spacial score (nSPS) is 19.7. The molecule has 152 valence electrons. The first-order valence-corrected chi connectivity index (χ1v) is 11.1. The van der Waals surface area contributed by atoms with Gasteiger partial charge in [0.15, 0.2) is 0 Å². The Morgan fingerprint density at radius 1 is 1.14 bits per heavy atom. The number of rotatable bonds is 6. The standard InChI is InChI=1S/C21H21NO5S2/c1-13(11-29-21(27)14-7-3-2-4-8-14)18(24)22-16(20(25)26)12-28-19(22)15-9-5-6-10-17(15)23/h2-10,13,16,19,23H,11-12H2,1H3,(H,25,26)/t13-,16+,19?/m1/s1. The third-order valence-electron chi connectivity index (χ3n) is 4.64. The Morgan fingerprint density at radius 3 is 2.45 bits per heavy atom. The second-order valence-electron chi connectivity index (χ2n) is 6.71. The average molecular weight is 432 g/mol. The van der Waals surface area contributed by atoms with Gasteiger partial charge in [-0.3, -0.25) is 9.59 Å². The monoisotopic (exact) mass is 431 g/mol. The maximum atomic E-state index is 13.1. The Bertz CT molecular complexity index is 905. The molecule has 1 amide bonds.